The third-order valence-electron chi connectivity index (χ3n) is 2.94. The van der Waals surface area contributed by atoms with E-state index in [4.69, 9.17) is 0 Å². The van der Waals surface area contributed by atoms with E-state index in [0.29, 0.717) is 6.42 Å². The summed E-state index contributed by atoms with van der Waals surface area (Å²) in [6.45, 7) is 0. The smallest absolute Gasteiger partial charge is 0.164 e. The van der Waals surface area contributed by atoms with E-state index in [-0.39, 0.29) is 5.78 Å². The first-order valence-corrected chi connectivity index (χ1v) is 8.13. The van der Waals surface area contributed by atoms with E-state index in [0.717, 1.165) is 21.4 Å². The Hall–Kier alpha value is -1.06. The number of benzene rings is 2. The number of aryl methyl sites for hydroxylation is 1. The summed E-state index contributed by atoms with van der Waals surface area (Å²) in [5.74, 6) is 0.213. The summed E-state index contributed by atoms with van der Waals surface area (Å²) in [6.07, 6.45) is 3.33. The van der Waals surface area contributed by atoms with Crippen LogP contribution >= 0.6 is 27.7 Å². The maximum atomic E-state index is 12.3. The Bertz CT molecular complexity index is 580. The fraction of sp³-hybridized carbons (Fsp3) is 0.188. The van der Waals surface area contributed by atoms with Crippen LogP contribution in [0.2, 0.25) is 0 Å². The normalized spacial score (nSPS) is 10.4. The van der Waals surface area contributed by atoms with E-state index in [1.54, 1.807) is 11.8 Å². The summed E-state index contributed by atoms with van der Waals surface area (Å²) in [5.41, 5.74) is 2.02. The van der Waals surface area contributed by atoms with Gasteiger partial charge >= 0.3 is 0 Å². The lowest BCUT2D eigenvalue weighted by Gasteiger charge is -2.06. The lowest BCUT2D eigenvalue weighted by Crippen LogP contribution is -2.02. The largest absolute Gasteiger partial charge is 0.294 e. The molecule has 0 heterocycles. The van der Waals surface area contributed by atoms with Crippen LogP contribution in [0.4, 0.5) is 0 Å². The van der Waals surface area contributed by atoms with Gasteiger partial charge in [0, 0.05) is 21.4 Å². The minimum Gasteiger partial charge on any atom is -0.294 e. The van der Waals surface area contributed by atoms with Crippen LogP contribution in [0.3, 0.4) is 0 Å². The van der Waals surface area contributed by atoms with Gasteiger partial charge in [0.25, 0.3) is 0 Å². The monoisotopic (exact) mass is 334 g/mol. The second kappa shape index (κ2) is 6.92. The highest BCUT2D eigenvalue weighted by Gasteiger charge is 2.10. The Morgan fingerprint density at radius 2 is 1.95 bits per heavy atom. The zero-order valence-corrected chi connectivity index (χ0v) is 13.1. The number of rotatable bonds is 5. The van der Waals surface area contributed by atoms with Crippen LogP contribution in [0.5, 0.6) is 0 Å². The summed E-state index contributed by atoms with van der Waals surface area (Å²) in [6, 6.07) is 15.9. The molecule has 0 aliphatic rings. The highest BCUT2D eigenvalue weighted by Crippen LogP contribution is 2.22. The number of carbonyl (C=O) groups excluding carboxylic acids is 1. The van der Waals surface area contributed by atoms with E-state index in [1.807, 2.05) is 42.7 Å². The second-order valence-electron chi connectivity index (χ2n) is 4.25. The molecule has 0 spiro atoms. The molecule has 0 unspecified atom stereocenters. The van der Waals surface area contributed by atoms with Crippen molar-refractivity contribution in [2.75, 3.05) is 6.26 Å². The Labute approximate surface area is 126 Å². The standard InChI is InChI=1S/C16H15BrOS/c1-19-16-8-3-2-7-14(16)15(18)10-9-12-5-4-6-13(17)11-12/h2-8,11H,9-10H2,1H3. The van der Waals surface area contributed by atoms with Crippen LogP contribution < -0.4 is 0 Å². The van der Waals surface area contributed by atoms with Gasteiger partial charge in [-0.05, 0) is 36.4 Å². The van der Waals surface area contributed by atoms with Gasteiger partial charge in [-0.25, -0.2) is 0 Å². The molecule has 2 rings (SSSR count). The van der Waals surface area contributed by atoms with E-state index in [1.165, 1.54) is 5.56 Å². The Morgan fingerprint density at radius 1 is 1.16 bits per heavy atom. The molecule has 0 amide bonds. The van der Waals surface area contributed by atoms with E-state index < -0.39 is 0 Å². The van der Waals surface area contributed by atoms with Crippen LogP contribution in [0.1, 0.15) is 22.3 Å². The van der Waals surface area contributed by atoms with Crippen molar-refractivity contribution in [3.63, 3.8) is 0 Å². The fourth-order valence-corrected chi connectivity index (χ4v) is 3.02. The molecule has 98 valence electrons. The number of ketones is 1. The minimum atomic E-state index is 0.213. The first-order chi connectivity index (χ1) is 9.20. The molecule has 0 bridgehead atoms. The molecule has 0 saturated heterocycles. The van der Waals surface area contributed by atoms with E-state index in [9.17, 15) is 4.79 Å². The van der Waals surface area contributed by atoms with Crippen molar-refractivity contribution in [1.29, 1.82) is 0 Å². The Balaban J connectivity index is 2.05. The van der Waals surface area contributed by atoms with Crippen LogP contribution in [0.25, 0.3) is 0 Å². The predicted octanol–water partition coefficient (Wildman–Crippen LogP) is 4.99. The highest BCUT2D eigenvalue weighted by atomic mass is 79.9. The second-order valence-corrected chi connectivity index (χ2v) is 6.02. The van der Waals surface area contributed by atoms with Gasteiger partial charge in [-0.1, -0.05) is 46.3 Å². The first kappa shape index (κ1) is 14.4. The molecule has 0 saturated carbocycles. The molecule has 0 aromatic heterocycles. The van der Waals surface area contributed by atoms with Crippen molar-refractivity contribution >= 4 is 33.5 Å². The first-order valence-electron chi connectivity index (χ1n) is 6.11. The van der Waals surface area contributed by atoms with Crippen LogP contribution in [0.15, 0.2) is 57.9 Å². The third kappa shape index (κ3) is 3.95. The number of halogens is 1. The predicted molar refractivity (Wildman–Crippen MR) is 85.0 cm³/mol. The molecule has 1 nitrogen and oxygen atoms in total. The molecule has 2 aromatic rings. The zero-order valence-electron chi connectivity index (χ0n) is 10.7. The molecule has 0 N–H and O–H groups in total. The molecule has 2 aromatic carbocycles. The summed E-state index contributed by atoms with van der Waals surface area (Å²) in [7, 11) is 0. The molecule has 0 fully saturated rings. The van der Waals surface area contributed by atoms with Crippen molar-refractivity contribution in [2.24, 2.45) is 0 Å². The Kier molecular flexibility index (Phi) is 5.23. The van der Waals surface area contributed by atoms with Gasteiger partial charge in [0.1, 0.15) is 0 Å². The van der Waals surface area contributed by atoms with Crippen LogP contribution in [0, 0.1) is 0 Å². The highest BCUT2D eigenvalue weighted by molar-refractivity contribution is 9.10. The third-order valence-corrected chi connectivity index (χ3v) is 4.23. The number of carbonyl (C=O) groups is 1. The molecule has 0 atom stereocenters. The van der Waals surface area contributed by atoms with E-state index in [2.05, 4.69) is 28.1 Å². The van der Waals surface area contributed by atoms with Gasteiger partial charge in [0.15, 0.2) is 5.78 Å². The van der Waals surface area contributed by atoms with Gasteiger partial charge in [-0.15, -0.1) is 11.8 Å². The lowest BCUT2D eigenvalue weighted by atomic mass is 10.0. The van der Waals surface area contributed by atoms with Crippen molar-refractivity contribution in [3.05, 3.63) is 64.1 Å². The quantitative estimate of drug-likeness (QED) is 0.566. The van der Waals surface area contributed by atoms with Gasteiger partial charge in [-0.3, -0.25) is 4.79 Å². The summed E-state index contributed by atoms with van der Waals surface area (Å²) >= 11 is 5.07. The topological polar surface area (TPSA) is 17.1 Å². The van der Waals surface area contributed by atoms with Gasteiger partial charge in [0.05, 0.1) is 0 Å². The molecule has 19 heavy (non-hydrogen) atoms. The molecular formula is C16H15BrOS. The van der Waals surface area contributed by atoms with E-state index >= 15 is 0 Å². The lowest BCUT2D eigenvalue weighted by molar-refractivity contribution is 0.0980. The maximum absolute atomic E-state index is 12.3. The van der Waals surface area contributed by atoms with Gasteiger partial charge in [0.2, 0.25) is 0 Å². The molecule has 0 radical (unpaired) electrons. The van der Waals surface area contributed by atoms with Gasteiger partial charge in [-0.2, -0.15) is 0 Å². The number of hydrogen-bond donors (Lipinski definition) is 0. The van der Waals surface area contributed by atoms with Crippen LogP contribution in [-0.4, -0.2) is 12.0 Å². The van der Waals surface area contributed by atoms with Crippen molar-refractivity contribution in [1.82, 2.24) is 0 Å². The Morgan fingerprint density at radius 3 is 2.68 bits per heavy atom. The van der Waals surface area contributed by atoms with Crippen molar-refractivity contribution in [3.8, 4) is 0 Å². The number of Topliss-reactive ketones (excluding diaryl/α,β-unsaturated/α-hetero) is 1. The molecule has 3 heteroatoms. The summed E-state index contributed by atoms with van der Waals surface area (Å²) < 4.78 is 1.06. The SMILES string of the molecule is CSc1ccccc1C(=O)CCc1cccc(Br)c1. The van der Waals surface area contributed by atoms with Crippen LogP contribution in [-0.2, 0) is 6.42 Å². The fourth-order valence-electron chi connectivity index (χ4n) is 1.96. The number of hydrogen-bond acceptors (Lipinski definition) is 2. The van der Waals surface area contributed by atoms with Crippen molar-refractivity contribution < 1.29 is 4.79 Å². The number of thioether (sulfide) groups is 1. The summed E-state index contributed by atoms with van der Waals surface area (Å²) in [5, 5.41) is 0. The van der Waals surface area contributed by atoms with Gasteiger partial charge < -0.3 is 0 Å². The zero-order chi connectivity index (χ0) is 13.7. The average Bonchev–Trinajstić information content (AvgIpc) is 2.45. The molecular weight excluding hydrogens is 320 g/mol. The molecule has 0 aliphatic heterocycles. The molecule has 0 aliphatic carbocycles. The maximum Gasteiger partial charge on any atom is 0.164 e. The minimum absolute atomic E-state index is 0.213. The summed E-state index contributed by atoms with van der Waals surface area (Å²) in [4.78, 5) is 13.3. The average molecular weight is 335 g/mol. The van der Waals surface area contributed by atoms with Crippen molar-refractivity contribution in [2.45, 2.75) is 17.7 Å².